The SMILES string of the molecule is CCCOC(=O)C1=C(C)Nc2nc(SCc3ccccc3)nn2C1c1ccc(OCc2cccc(Br)c2)cc1. The molecule has 1 N–H and O–H groups in total. The molecule has 3 aromatic carbocycles. The number of thioether (sulfide) groups is 1. The molecule has 0 saturated carbocycles. The van der Waals surface area contributed by atoms with Gasteiger partial charge in [-0.25, -0.2) is 9.48 Å². The van der Waals surface area contributed by atoms with Gasteiger partial charge in [-0.3, -0.25) is 0 Å². The Morgan fingerprint density at radius 2 is 1.82 bits per heavy atom. The smallest absolute Gasteiger partial charge is 0.338 e. The van der Waals surface area contributed by atoms with Gasteiger partial charge < -0.3 is 14.8 Å². The van der Waals surface area contributed by atoms with Crippen LogP contribution in [0.3, 0.4) is 0 Å². The highest BCUT2D eigenvalue weighted by molar-refractivity contribution is 9.10. The van der Waals surface area contributed by atoms with Crippen molar-refractivity contribution in [2.45, 2.75) is 43.8 Å². The zero-order valence-corrected chi connectivity index (χ0v) is 24.2. The fourth-order valence-electron chi connectivity index (χ4n) is 4.30. The third-order valence-electron chi connectivity index (χ3n) is 6.19. The van der Waals surface area contributed by atoms with E-state index < -0.39 is 6.04 Å². The van der Waals surface area contributed by atoms with Gasteiger partial charge >= 0.3 is 5.97 Å². The largest absolute Gasteiger partial charge is 0.489 e. The lowest BCUT2D eigenvalue weighted by Crippen LogP contribution is -2.29. The zero-order valence-electron chi connectivity index (χ0n) is 21.8. The van der Waals surface area contributed by atoms with E-state index in [-0.39, 0.29) is 5.97 Å². The molecule has 0 spiro atoms. The van der Waals surface area contributed by atoms with Gasteiger partial charge in [0.2, 0.25) is 11.1 Å². The number of nitrogens with one attached hydrogen (secondary N) is 1. The van der Waals surface area contributed by atoms with Gasteiger partial charge in [0.1, 0.15) is 18.4 Å². The molecule has 200 valence electrons. The van der Waals surface area contributed by atoms with Crippen molar-refractivity contribution in [3.63, 3.8) is 0 Å². The minimum absolute atomic E-state index is 0.354. The number of aromatic nitrogens is 3. The van der Waals surface area contributed by atoms with Crippen LogP contribution in [-0.4, -0.2) is 27.3 Å². The molecule has 0 saturated heterocycles. The van der Waals surface area contributed by atoms with Crippen molar-refractivity contribution in [2.75, 3.05) is 11.9 Å². The summed E-state index contributed by atoms with van der Waals surface area (Å²) in [6.07, 6.45) is 0.745. The molecular formula is C30H29BrN4O3S. The Morgan fingerprint density at radius 1 is 1.05 bits per heavy atom. The summed E-state index contributed by atoms with van der Waals surface area (Å²) in [4.78, 5) is 17.9. The molecule has 1 unspecified atom stereocenters. The monoisotopic (exact) mass is 604 g/mol. The minimum Gasteiger partial charge on any atom is -0.489 e. The second kappa shape index (κ2) is 12.5. The van der Waals surface area contributed by atoms with Crippen LogP contribution in [0.15, 0.2) is 99.8 Å². The normalized spacial score (nSPS) is 14.5. The van der Waals surface area contributed by atoms with E-state index in [9.17, 15) is 4.79 Å². The van der Waals surface area contributed by atoms with Gasteiger partial charge in [0.25, 0.3) is 0 Å². The molecule has 0 radical (unpaired) electrons. The summed E-state index contributed by atoms with van der Waals surface area (Å²) in [5, 5.41) is 8.71. The molecule has 39 heavy (non-hydrogen) atoms. The number of nitrogens with zero attached hydrogens (tertiary/aromatic N) is 3. The number of esters is 1. The van der Waals surface area contributed by atoms with Gasteiger partial charge in [0.05, 0.1) is 12.2 Å². The summed E-state index contributed by atoms with van der Waals surface area (Å²) in [6.45, 7) is 4.66. The van der Waals surface area contributed by atoms with Crippen LogP contribution < -0.4 is 10.1 Å². The fraction of sp³-hybridized carbons (Fsp3) is 0.233. The van der Waals surface area contributed by atoms with E-state index in [0.717, 1.165) is 33.5 Å². The van der Waals surface area contributed by atoms with Gasteiger partial charge in [-0.2, -0.15) is 4.98 Å². The molecule has 0 bridgehead atoms. The highest BCUT2D eigenvalue weighted by Crippen LogP contribution is 2.37. The number of hydrogen-bond acceptors (Lipinski definition) is 7. The van der Waals surface area contributed by atoms with Gasteiger partial charge in [0.15, 0.2) is 0 Å². The van der Waals surface area contributed by atoms with E-state index in [4.69, 9.17) is 19.6 Å². The van der Waals surface area contributed by atoms with Crippen LogP contribution in [0.4, 0.5) is 5.95 Å². The number of fused-ring (bicyclic) bond motifs is 1. The maximum absolute atomic E-state index is 13.2. The van der Waals surface area contributed by atoms with Gasteiger partial charge in [0, 0.05) is 15.9 Å². The number of anilines is 1. The molecule has 1 aliphatic rings. The molecule has 1 aromatic heterocycles. The first-order chi connectivity index (χ1) is 19.0. The quantitative estimate of drug-likeness (QED) is 0.152. The zero-order chi connectivity index (χ0) is 27.2. The highest BCUT2D eigenvalue weighted by Gasteiger charge is 2.35. The van der Waals surface area contributed by atoms with E-state index in [2.05, 4.69) is 33.4 Å². The summed E-state index contributed by atoms with van der Waals surface area (Å²) >= 11 is 5.05. The van der Waals surface area contributed by atoms with E-state index in [0.29, 0.717) is 35.6 Å². The Morgan fingerprint density at radius 3 is 2.56 bits per heavy atom. The second-order valence-corrected chi connectivity index (χ2v) is 11.0. The molecule has 5 rings (SSSR count). The summed E-state index contributed by atoms with van der Waals surface area (Å²) < 4.78 is 14.4. The van der Waals surface area contributed by atoms with Crippen molar-refractivity contribution >= 4 is 39.6 Å². The maximum Gasteiger partial charge on any atom is 0.338 e. The van der Waals surface area contributed by atoms with Crippen molar-refractivity contribution in [2.24, 2.45) is 0 Å². The molecule has 0 fully saturated rings. The lowest BCUT2D eigenvalue weighted by atomic mass is 9.96. The summed E-state index contributed by atoms with van der Waals surface area (Å²) in [5.41, 5.74) is 4.37. The molecule has 4 aromatic rings. The first-order valence-electron chi connectivity index (χ1n) is 12.8. The van der Waals surface area contributed by atoms with Crippen molar-refractivity contribution in [3.8, 4) is 5.75 Å². The number of benzene rings is 3. The number of hydrogen-bond donors (Lipinski definition) is 1. The summed E-state index contributed by atoms with van der Waals surface area (Å²) in [6, 6.07) is 25.5. The molecule has 2 heterocycles. The number of carbonyl (C=O) groups excluding carboxylic acids is 1. The van der Waals surface area contributed by atoms with Gasteiger partial charge in [-0.05, 0) is 54.3 Å². The number of carbonyl (C=O) groups is 1. The summed E-state index contributed by atoms with van der Waals surface area (Å²) in [5.74, 6) is 1.72. The predicted octanol–water partition coefficient (Wildman–Crippen LogP) is 7.15. The Bertz CT molecular complexity index is 1470. The Balaban J connectivity index is 1.41. The lowest BCUT2D eigenvalue weighted by molar-refractivity contribution is -0.139. The maximum atomic E-state index is 13.2. The molecule has 1 atom stereocenters. The van der Waals surface area contributed by atoms with Crippen molar-refractivity contribution in [1.82, 2.24) is 14.8 Å². The van der Waals surface area contributed by atoms with Crippen molar-refractivity contribution in [3.05, 3.63) is 111 Å². The van der Waals surface area contributed by atoms with Crippen LogP contribution in [-0.2, 0) is 21.9 Å². The molecular weight excluding hydrogens is 576 g/mol. The van der Waals surface area contributed by atoms with E-state index in [1.165, 1.54) is 5.56 Å². The van der Waals surface area contributed by atoms with Crippen LogP contribution in [0.2, 0.25) is 0 Å². The molecule has 0 amide bonds. The van der Waals surface area contributed by atoms with Crippen LogP contribution in [0.25, 0.3) is 0 Å². The van der Waals surface area contributed by atoms with Gasteiger partial charge in [-0.15, -0.1) is 5.10 Å². The first kappa shape index (κ1) is 27.0. The van der Waals surface area contributed by atoms with E-state index in [1.54, 1.807) is 16.4 Å². The third-order valence-corrected chi connectivity index (χ3v) is 7.59. The molecule has 7 nitrogen and oxygen atoms in total. The highest BCUT2D eigenvalue weighted by atomic mass is 79.9. The number of allylic oxidation sites excluding steroid dienone is 1. The third kappa shape index (κ3) is 6.54. The van der Waals surface area contributed by atoms with E-state index in [1.807, 2.05) is 80.6 Å². The average Bonchev–Trinajstić information content (AvgIpc) is 3.36. The van der Waals surface area contributed by atoms with Crippen molar-refractivity contribution in [1.29, 1.82) is 0 Å². The minimum atomic E-state index is -0.483. The molecule has 0 aliphatic carbocycles. The number of ether oxygens (including phenoxy) is 2. The Hall–Kier alpha value is -3.56. The van der Waals surface area contributed by atoms with Crippen LogP contribution >= 0.6 is 27.7 Å². The molecule has 1 aliphatic heterocycles. The standard InChI is InChI=1S/C30H29BrN4O3S/c1-3-16-37-28(36)26-20(2)32-29-33-30(39-19-21-8-5-4-6-9-21)34-35(29)27(26)23-12-14-25(15-13-23)38-18-22-10-7-11-24(31)17-22/h4-15,17,27H,3,16,18-19H2,1-2H3,(H,32,33,34). The van der Waals surface area contributed by atoms with Gasteiger partial charge in [-0.1, -0.05) is 89.2 Å². The lowest BCUT2D eigenvalue weighted by Gasteiger charge is -2.28. The van der Waals surface area contributed by atoms with E-state index >= 15 is 0 Å². The topological polar surface area (TPSA) is 78.3 Å². The number of halogens is 1. The van der Waals surface area contributed by atoms with Crippen LogP contribution in [0.5, 0.6) is 5.75 Å². The fourth-order valence-corrected chi connectivity index (χ4v) is 5.53. The predicted molar refractivity (Wildman–Crippen MR) is 157 cm³/mol. The van der Waals surface area contributed by atoms with Crippen molar-refractivity contribution < 1.29 is 14.3 Å². The second-order valence-electron chi connectivity index (χ2n) is 9.13. The number of rotatable bonds is 10. The Kier molecular flexibility index (Phi) is 8.68. The van der Waals surface area contributed by atoms with Crippen LogP contribution in [0.1, 0.15) is 43.0 Å². The Labute approximate surface area is 240 Å². The summed E-state index contributed by atoms with van der Waals surface area (Å²) in [7, 11) is 0. The molecule has 9 heteroatoms. The average molecular weight is 606 g/mol. The first-order valence-corrected chi connectivity index (χ1v) is 14.5. The van der Waals surface area contributed by atoms with Crippen LogP contribution in [0, 0.1) is 0 Å².